The minimum absolute atomic E-state index is 0.0912. The van der Waals surface area contributed by atoms with Gasteiger partial charge in [-0.2, -0.15) is 5.26 Å². The molecule has 1 aliphatic rings. The lowest BCUT2D eigenvalue weighted by Gasteiger charge is -2.17. The maximum absolute atomic E-state index is 12.3. The Morgan fingerprint density at radius 1 is 1.32 bits per heavy atom. The van der Waals surface area contributed by atoms with Crippen molar-refractivity contribution in [2.75, 3.05) is 25.0 Å². The number of ether oxygens (including phenoxy) is 1. The number of urea groups is 1. The lowest BCUT2D eigenvalue weighted by atomic mass is 10.1. The molecule has 0 spiro atoms. The van der Waals surface area contributed by atoms with E-state index in [1.54, 1.807) is 23.1 Å². The number of hydrogen-bond acceptors (Lipinski definition) is 4. The molecule has 0 unspecified atom stereocenters. The summed E-state index contributed by atoms with van der Waals surface area (Å²) in [6, 6.07) is 16.0. The molecule has 128 valence electrons. The van der Waals surface area contributed by atoms with E-state index in [0.717, 1.165) is 6.42 Å². The lowest BCUT2D eigenvalue weighted by molar-refractivity contribution is 0.209. The van der Waals surface area contributed by atoms with E-state index in [-0.39, 0.29) is 18.6 Å². The largest absolute Gasteiger partial charge is 0.456 e. The Labute approximate surface area is 146 Å². The molecule has 25 heavy (non-hydrogen) atoms. The van der Waals surface area contributed by atoms with Crippen LogP contribution >= 0.6 is 0 Å². The molecule has 0 radical (unpaired) electrons. The fourth-order valence-corrected chi connectivity index (χ4v) is 2.77. The number of aliphatic hydroxyl groups excluding tert-OH is 1. The highest BCUT2D eigenvalue weighted by molar-refractivity contribution is 5.89. The van der Waals surface area contributed by atoms with Crippen LogP contribution in [-0.2, 0) is 0 Å². The average molecular weight is 337 g/mol. The molecule has 3 rings (SSSR count). The summed E-state index contributed by atoms with van der Waals surface area (Å²) in [6.45, 7) is 1.26. The van der Waals surface area contributed by atoms with Crippen molar-refractivity contribution in [1.82, 2.24) is 4.90 Å². The first-order valence-electron chi connectivity index (χ1n) is 8.13. The standard InChI is InChI=1S/C19H19N3O3/c20-11-15-10-16(21-19(24)22-9-8-14(12-22)13-23)6-7-18(15)25-17-4-2-1-3-5-17/h1-7,10,14,23H,8-9,12-13H2,(H,21,24)/t14-/m1/s1. The van der Waals surface area contributed by atoms with Gasteiger partial charge in [0.1, 0.15) is 17.6 Å². The average Bonchev–Trinajstić information content (AvgIpc) is 3.13. The topological polar surface area (TPSA) is 85.6 Å². The first-order chi connectivity index (χ1) is 12.2. The Bertz CT molecular complexity index is 786. The molecule has 0 bridgehead atoms. The van der Waals surface area contributed by atoms with E-state index >= 15 is 0 Å². The van der Waals surface area contributed by atoms with Gasteiger partial charge >= 0.3 is 6.03 Å². The molecule has 2 N–H and O–H groups in total. The number of benzene rings is 2. The van der Waals surface area contributed by atoms with Gasteiger partial charge in [0.2, 0.25) is 0 Å². The molecule has 0 aromatic heterocycles. The van der Waals surface area contributed by atoms with Crippen LogP contribution in [0.3, 0.4) is 0 Å². The van der Waals surface area contributed by atoms with E-state index in [4.69, 9.17) is 9.84 Å². The number of para-hydroxylation sites is 1. The fourth-order valence-electron chi connectivity index (χ4n) is 2.77. The SMILES string of the molecule is N#Cc1cc(NC(=O)N2CC[C@@H](CO)C2)ccc1Oc1ccccc1. The minimum Gasteiger partial charge on any atom is -0.456 e. The van der Waals surface area contributed by atoms with Gasteiger partial charge < -0.3 is 20.1 Å². The molecule has 1 saturated heterocycles. The molecule has 2 aromatic rings. The molecule has 1 atom stereocenters. The Morgan fingerprint density at radius 2 is 2.12 bits per heavy atom. The lowest BCUT2D eigenvalue weighted by Crippen LogP contribution is -2.33. The molecule has 2 amide bonds. The van der Waals surface area contributed by atoms with Gasteiger partial charge in [-0.25, -0.2) is 4.79 Å². The van der Waals surface area contributed by atoms with Gasteiger partial charge in [0.05, 0.1) is 5.56 Å². The molecule has 1 fully saturated rings. The maximum atomic E-state index is 12.3. The second kappa shape index (κ2) is 7.69. The summed E-state index contributed by atoms with van der Waals surface area (Å²) in [5, 5.41) is 21.3. The second-order valence-corrected chi connectivity index (χ2v) is 5.95. The van der Waals surface area contributed by atoms with E-state index in [1.807, 2.05) is 30.3 Å². The summed E-state index contributed by atoms with van der Waals surface area (Å²) in [6.07, 6.45) is 0.803. The molecule has 0 aliphatic carbocycles. The van der Waals surface area contributed by atoms with Gasteiger partial charge in [-0.15, -0.1) is 0 Å². The van der Waals surface area contributed by atoms with Crippen molar-refractivity contribution < 1.29 is 14.6 Å². The third-order valence-electron chi connectivity index (χ3n) is 4.15. The summed E-state index contributed by atoms with van der Waals surface area (Å²) in [5.74, 6) is 1.22. The van der Waals surface area contributed by atoms with Crippen molar-refractivity contribution >= 4 is 11.7 Å². The van der Waals surface area contributed by atoms with Gasteiger partial charge in [-0.3, -0.25) is 0 Å². The Kier molecular flexibility index (Phi) is 5.17. The van der Waals surface area contributed by atoms with Gasteiger partial charge in [0.15, 0.2) is 0 Å². The van der Waals surface area contributed by atoms with Crippen molar-refractivity contribution in [2.24, 2.45) is 5.92 Å². The molecule has 6 nitrogen and oxygen atoms in total. The van der Waals surface area contributed by atoms with Gasteiger partial charge in [0, 0.05) is 31.3 Å². The normalized spacial score (nSPS) is 16.3. The van der Waals surface area contributed by atoms with Crippen LogP contribution < -0.4 is 10.1 Å². The van der Waals surface area contributed by atoms with Crippen molar-refractivity contribution in [3.63, 3.8) is 0 Å². The van der Waals surface area contributed by atoms with Crippen LogP contribution in [0.1, 0.15) is 12.0 Å². The number of amides is 2. The first-order valence-corrected chi connectivity index (χ1v) is 8.13. The summed E-state index contributed by atoms with van der Waals surface area (Å²) in [7, 11) is 0. The van der Waals surface area contributed by atoms with Crippen LogP contribution in [-0.4, -0.2) is 35.7 Å². The smallest absolute Gasteiger partial charge is 0.321 e. The number of likely N-dealkylation sites (tertiary alicyclic amines) is 1. The highest BCUT2D eigenvalue weighted by atomic mass is 16.5. The maximum Gasteiger partial charge on any atom is 0.321 e. The molecule has 6 heteroatoms. The van der Waals surface area contributed by atoms with Crippen molar-refractivity contribution in [2.45, 2.75) is 6.42 Å². The Morgan fingerprint density at radius 3 is 2.80 bits per heavy atom. The number of rotatable bonds is 4. The van der Waals surface area contributed by atoms with E-state index < -0.39 is 0 Å². The molecule has 2 aromatic carbocycles. The van der Waals surface area contributed by atoms with Crippen LogP contribution in [0, 0.1) is 17.2 Å². The Hall–Kier alpha value is -3.04. The zero-order valence-electron chi connectivity index (χ0n) is 13.7. The summed E-state index contributed by atoms with van der Waals surface area (Å²) in [4.78, 5) is 13.9. The zero-order valence-corrected chi connectivity index (χ0v) is 13.7. The number of hydrogen-bond donors (Lipinski definition) is 2. The number of nitriles is 1. The predicted octanol–water partition coefficient (Wildman–Crippen LogP) is 3.20. The molecular weight excluding hydrogens is 318 g/mol. The van der Waals surface area contributed by atoms with Gasteiger partial charge in [-0.1, -0.05) is 18.2 Å². The third-order valence-corrected chi connectivity index (χ3v) is 4.15. The summed E-state index contributed by atoms with van der Waals surface area (Å²) < 4.78 is 5.72. The van der Waals surface area contributed by atoms with Crippen molar-refractivity contribution in [1.29, 1.82) is 5.26 Å². The van der Waals surface area contributed by atoms with Crippen LogP contribution in [0.2, 0.25) is 0 Å². The van der Waals surface area contributed by atoms with Crippen LogP contribution in [0.25, 0.3) is 0 Å². The van der Waals surface area contributed by atoms with E-state index in [1.165, 1.54) is 0 Å². The number of carbonyl (C=O) groups is 1. The highest BCUT2D eigenvalue weighted by Gasteiger charge is 2.25. The minimum atomic E-state index is -0.225. The van der Waals surface area contributed by atoms with Crippen molar-refractivity contribution in [3.8, 4) is 17.6 Å². The van der Waals surface area contributed by atoms with Gasteiger partial charge in [0.25, 0.3) is 0 Å². The predicted molar refractivity (Wildman–Crippen MR) is 93.5 cm³/mol. The molecular formula is C19H19N3O3. The number of anilines is 1. The van der Waals surface area contributed by atoms with Crippen LogP contribution in [0.15, 0.2) is 48.5 Å². The van der Waals surface area contributed by atoms with E-state index in [9.17, 15) is 10.1 Å². The van der Waals surface area contributed by atoms with Crippen molar-refractivity contribution in [3.05, 3.63) is 54.1 Å². The quantitative estimate of drug-likeness (QED) is 0.897. The third kappa shape index (κ3) is 4.08. The first kappa shape index (κ1) is 16.8. The monoisotopic (exact) mass is 337 g/mol. The van der Waals surface area contributed by atoms with Crippen LogP contribution in [0.5, 0.6) is 11.5 Å². The van der Waals surface area contributed by atoms with E-state index in [2.05, 4.69) is 11.4 Å². The molecule has 1 aliphatic heterocycles. The van der Waals surface area contributed by atoms with Crippen LogP contribution in [0.4, 0.5) is 10.5 Å². The number of nitrogens with one attached hydrogen (secondary N) is 1. The summed E-state index contributed by atoms with van der Waals surface area (Å²) >= 11 is 0. The fraction of sp³-hybridized carbons (Fsp3) is 0.263. The van der Waals surface area contributed by atoms with Gasteiger partial charge in [-0.05, 0) is 36.8 Å². The van der Waals surface area contributed by atoms with E-state index in [0.29, 0.717) is 35.8 Å². The molecule has 1 heterocycles. The zero-order chi connectivity index (χ0) is 17.6. The highest BCUT2D eigenvalue weighted by Crippen LogP contribution is 2.27. The number of carbonyl (C=O) groups excluding carboxylic acids is 1. The number of nitrogens with zero attached hydrogens (tertiary/aromatic N) is 2. The second-order valence-electron chi connectivity index (χ2n) is 5.95. The summed E-state index contributed by atoms with van der Waals surface area (Å²) in [5.41, 5.74) is 0.880. The number of aliphatic hydroxyl groups is 1. The Balaban J connectivity index is 1.69. The molecule has 0 saturated carbocycles.